The van der Waals surface area contributed by atoms with Crippen molar-refractivity contribution in [1.82, 2.24) is 0 Å². The van der Waals surface area contributed by atoms with Gasteiger partial charge < -0.3 is 5.73 Å². The molecule has 1 saturated carbocycles. The third-order valence-electron chi connectivity index (χ3n) is 3.59. The predicted octanol–water partition coefficient (Wildman–Crippen LogP) is 4.35. The van der Waals surface area contributed by atoms with E-state index in [9.17, 15) is 13.2 Å². The monoisotopic (exact) mass is 275 g/mol. The van der Waals surface area contributed by atoms with Crippen LogP contribution in [0.2, 0.25) is 0 Å². The molecule has 0 radical (unpaired) electrons. The first-order valence-corrected chi connectivity index (χ1v) is 6.64. The van der Waals surface area contributed by atoms with E-state index < -0.39 is 17.5 Å². The molecule has 2 N–H and O–H groups in total. The SMILES string of the molecule is C=C(N)CC(c1ccc(C)s1)C1(C(F)(F)F)CC1. The fourth-order valence-corrected chi connectivity index (χ4v) is 3.53. The minimum absolute atomic E-state index is 0.200. The summed E-state index contributed by atoms with van der Waals surface area (Å²) in [6, 6.07) is 3.65. The smallest absolute Gasteiger partial charge is 0.395 e. The topological polar surface area (TPSA) is 26.0 Å². The maximum atomic E-state index is 13.2. The van der Waals surface area contributed by atoms with Crippen molar-refractivity contribution < 1.29 is 13.2 Å². The molecule has 1 fully saturated rings. The Morgan fingerprint density at radius 3 is 2.44 bits per heavy atom. The van der Waals surface area contributed by atoms with Gasteiger partial charge in [0.1, 0.15) is 0 Å². The van der Waals surface area contributed by atoms with Crippen molar-refractivity contribution in [3.05, 3.63) is 34.2 Å². The van der Waals surface area contributed by atoms with Crippen LogP contribution in [0.5, 0.6) is 0 Å². The molecule has 100 valence electrons. The summed E-state index contributed by atoms with van der Waals surface area (Å²) in [4.78, 5) is 1.80. The van der Waals surface area contributed by atoms with Crippen LogP contribution in [0.4, 0.5) is 13.2 Å². The van der Waals surface area contributed by atoms with Gasteiger partial charge in [-0.1, -0.05) is 6.58 Å². The lowest BCUT2D eigenvalue weighted by molar-refractivity contribution is -0.193. The van der Waals surface area contributed by atoms with Gasteiger partial charge in [0.25, 0.3) is 0 Å². The number of halogens is 3. The van der Waals surface area contributed by atoms with Gasteiger partial charge in [-0.25, -0.2) is 0 Å². The molecule has 1 nitrogen and oxygen atoms in total. The van der Waals surface area contributed by atoms with E-state index in [4.69, 9.17) is 5.73 Å². The minimum Gasteiger partial charge on any atom is -0.402 e. The number of hydrogen-bond acceptors (Lipinski definition) is 2. The number of allylic oxidation sites excluding steroid dienone is 1. The molecule has 1 aliphatic carbocycles. The van der Waals surface area contributed by atoms with E-state index >= 15 is 0 Å². The highest BCUT2D eigenvalue weighted by molar-refractivity contribution is 7.12. The lowest BCUT2D eigenvalue weighted by atomic mass is 9.83. The van der Waals surface area contributed by atoms with Crippen LogP contribution in [-0.4, -0.2) is 6.18 Å². The molecular formula is C13H16F3NS. The third-order valence-corrected chi connectivity index (χ3v) is 4.71. The Balaban J connectivity index is 2.35. The first-order chi connectivity index (χ1) is 8.26. The van der Waals surface area contributed by atoms with E-state index in [1.165, 1.54) is 11.3 Å². The number of rotatable bonds is 4. The normalized spacial score (nSPS) is 19.6. The van der Waals surface area contributed by atoms with E-state index in [1.54, 1.807) is 6.07 Å². The first-order valence-electron chi connectivity index (χ1n) is 5.82. The summed E-state index contributed by atoms with van der Waals surface area (Å²) < 4.78 is 39.7. The summed E-state index contributed by atoms with van der Waals surface area (Å²) in [6.45, 7) is 5.46. The van der Waals surface area contributed by atoms with Crippen molar-refractivity contribution in [2.75, 3.05) is 0 Å². The standard InChI is InChI=1S/C13H16F3NS/c1-8(17)7-10(11-4-3-9(2)18-11)12(5-6-12)13(14,15)16/h3-4,10H,1,5-7,17H2,2H3. The van der Waals surface area contributed by atoms with Gasteiger partial charge in [-0.05, 0) is 38.3 Å². The minimum atomic E-state index is -4.16. The molecule has 1 unspecified atom stereocenters. The maximum Gasteiger partial charge on any atom is 0.395 e. The highest BCUT2D eigenvalue weighted by atomic mass is 32.1. The Hall–Kier alpha value is -0.970. The fraction of sp³-hybridized carbons (Fsp3) is 0.538. The number of alkyl halides is 3. The predicted molar refractivity (Wildman–Crippen MR) is 67.5 cm³/mol. The molecule has 2 rings (SSSR count). The molecular weight excluding hydrogens is 259 g/mol. The van der Waals surface area contributed by atoms with Crippen LogP contribution in [0.3, 0.4) is 0 Å². The fourth-order valence-electron chi connectivity index (χ4n) is 2.44. The summed E-state index contributed by atoms with van der Waals surface area (Å²) in [5.41, 5.74) is 4.29. The average molecular weight is 275 g/mol. The largest absolute Gasteiger partial charge is 0.402 e. The highest BCUT2D eigenvalue weighted by Crippen LogP contribution is 2.66. The molecule has 0 bridgehead atoms. The van der Waals surface area contributed by atoms with Crippen LogP contribution in [0.1, 0.15) is 34.9 Å². The Morgan fingerprint density at radius 1 is 1.50 bits per heavy atom. The van der Waals surface area contributed by atoms with Crippen LogP contribution >= 0.6 is 11.3 Å². The van der Waals surface area contributed by atoms with E-state index in [1.807, 2.05) is 13.0 Å². The Bertz CT molecular complexity index is 457. The van der Waals surface area contributed by atoms with Crippen molar-refractivity contribution in [3.63, 3.8) is 0 Å². The molecule has 1 heterocycles. The number of thiophene rings is 1. The Morgan fingerprint density at radius 2 is 2.11 bits per heavy atom. The molecule has 18 heavy (non-hydrogen) atoms. The van der Waals surface area contributed by atoms with Gasteiger partial charge in [0.05, 0.1) is 5.41 Å². The summed E-state index contributed by atoms with van der Waals surface area (Å²) >= 11 is 1.42. The van der Waals surface area contributed by atoms with Crippen LogP contribution in [0.25, 0.3) is 0 Å². The molecule has 0 saturated heterocycles. The zero-order valence-electron chi connectivity index (χ0n) is 10.2. The van der Waals surface area contributed by atoms with Crippen LogP contribution < -0.4 is 5.73 Å². The molecule has 0 aliphatic heterocycles. The van der Waals surface area contributed by atoms with Crippen molar-refractivity contribution in [3.8, 4) is 0 Å². The third kappa shape index (κ3) is 2.28. The second-order valence-electron chi connectivity index (χ2n) is 5.02. The molecule has 1 atom stereocenters. The molecule has 1 aromatic rings. The van der Waals surface area contributed by atoms with Gasteiger partial charge >= 0.3 is 6.18 Å². The van der Waals surface area contributed by atoms with Crippen molar-refractivity contribution in [1.29, 1.82) is 0 Å². The van der Waals surface area contributed by atoms with Gasteiger partial charge in [0.2, 0.25) is 0 Å². The molecule has 1 aromatic heterocycles. The Kier molecular flexibility index (Phi) is 3.21. The number of aryl methyl sites for hydroxylation is 1. The van der Waals surface area contributed by atoms with Gasteiger partial charge in [-0.3, -0.25) is 0 Å². The summed E-state index contributed by atoms with van der Waals surface area (Å²) in [6.07, 6.45) is -3.55. The van der Waals surface area contributed by atoms with Crippen LogP contribution in [0.15, 0.2) is 24.4 Å². The van der Waals surface area contributed by atoms with Crippen molar-refractivity contribution >= 4 is 11.3 Å². The van der Waals surface area contributed by atoms with Crippen molar-refractivity contribution in [2.24, 2.45) is 11.1 Å². The second-order valence-corrected chi connectivity index (χ2v) is 6.34. The summed E-state index contributed by atoms with van der Waals surface area (Å²) in [5, 5.41) is 0. The molecule has 1 aliphatic rings. The van der Waals surface area contributed by atoms with Gasteiger partial charge in [0.15, 0.2) is 0 Å². The van der Waals surface area contributed by atoms with Gasteiger partial charge in [-0.15, -0.1) is 11.3 Å². The lowest BCUT2D eigenvalue weighted by Crippen LogP contribution is -2.31. The average Bonchev–Trinajstić information content (AvgIpc) is 2.93. The van der Waals surface area contributed by atoms with E-state index in [-0.39, 0.29) is 19.3 Å². The number of hydrogen-bond donors (Lipinski definition) is 1. The van der Waals surface area contributed by atoms with Gasteiger partial charge in [-0.2, -0.15) is 13.2 Å². The molecule has 0 amide bonds. The van der Waals surface area contributed by atoms with Crippen LogP contribution in [-0.2, 0) is 0 Å². The molecule has 5 heteroatoms. The van der Waals surface area contributed by atoms with Gasteiger partial charge in [0, 0.05) is 21.4 Å². The highest BCUT2D eigenvalue weighted by Gasteiger charge is 2.67. The zero-order valence-corrected chi connectivity index (χ0v) is 11.0. The van der Waals surface area contributed by atoms with E-state index in [0.717, 1.165) is 9.75 Å². The summed E-state index contributed by atoms with van der Waals surface area (Å²) in [5.74, 6) is -0.575. The van der Waals surface area contributed by atoms with E-state index in [0.29, 0.717) is 5.70 Å². The quantitative estimate of drug-likeness (QED) is 0.868. The first kappa shape index (κ1) is 13.5. The van der Waals surface area contributed by atoms with E-state index in [2.05, 4.69) is 6.58 Å². The summed E-state index contributed by atoms with van der Waals surface area (Å²) in [7, 11) is 0. The Labute approximate surface area is 108 Å². The maximum absolute atomic E-state index is 13.2. The zero-order chi connectivity index (χ0) is 13.6. The number of nitrogens with two attached hydrogens (primary N) is 1. The molecule has 0 aromatic carbocycles. The lowest BCUT2D eigenvalue weighted by Gasteiger charge is -2.28. The second kappa shape index (κ2) is 4.30. The molecule has 0 spiro atoms. The van der Waals surface area contributed by atoms with Crippen LogP contribution in [0, 0.1) is 12.3 Å². The van der Waals surface area contributed by atoms with Crippen molar-refractivity contribution in [2.45, 2.75) is 38.3 Å².